The average Bonchev–Trinajstić information content (AvgIpc) is 2.97. The van der Waals surface area contributed by atoms with Crippen LogP contribution in [0.1, 0.15) is 24.0 Å². The van der Waals surface area contributed by atoms with Crippen molar-refractivity contribution in [2.45, 2.75) is 26.4 Å². The summed E-state index contributed by atoms with van der Waals surface area (Å²) < 4.78 is 39.4. The summed E-state index contributed by atoms with van der Waals surface area (Å²) in [4.78, 5) is 33.0. The molecule has 0 aliphatic rings. The Kier molecular flexibility index (Phi) is 4.60. The number of amides is 2. The van der Waals surface area contributed by atoms with E-state index in [0.717, 1.165) is 16.6 Å². The molecule has 3 aromatic rings. The van der Waals surface area contributed by atoms with Crippen molar-refractivity contribution in [3.8, 4) is 0 Å². The van der Waals surface area contributed by atoms with Crippen molar-refractivity contribution >= 4 is 23.2 Å². The molecule has 2 aromatic heterocycles. The molecule has 142 valence electrons. The molecule has 2 amide bonds. The molecule has 0 aliphatic carbocycles. The lowest BCUT2D eigenvalue weighted by atomic mass is 10.2. The van der Waals surface area contributed by atoms with Crippen molar-refractivity contribution in [3.05, 3.63) is 51.7 Å². The third-order valence-corrected chi connectivity index (χ3v) is 3.70. The number of rotatable bonds is 3. The van der Waals surface area contributed by atoms with Gasteiger partial charge in [0.25, 0.3) is 11.3 Å². The second-order valence-electron chi connectivity index (χ2n) is 5.69. The predicted molar refractivity (Wildman–Crippen MR) is 91.8 cm³/mol. The third-order valence-electron chi connectivity index (χ3n) is 3.70. The number of fused-ring (bicyclic) bond motifs is 1. The molecular formula is C16H15F3N6O2. The lowest BCUT2D eigenvalue weighted by Crippen LogP contribution is -2.28. The summed E-state index contributed by atoms with van der Waals surface area (Å²) in [5.74, 6) is 0.630. The van der Waals surface area contributed by atoms with Gasteiger partial charge >= 0.3 is 12.2 Å². The summed E-state index contributed by atoms with van der Waals surface area (Å²) in [7, 11) is 0. The SMILES string of the molecule is CCc1nc2nc(C)[nH]n2c(=O)c1NC(=O)Nc1cccc(C(F)(F)F)c1. The van der Waals surface area contributed by atoms with E-state index in [1.165, 1.54) is 12.1 Å². The number of H-pyrrole nitrogens is 1. The first-order chi connectivity index (χ1) is 12.7. The maximum Gasteiger partial charge on any atom is 0.416 e. The summed E-state index contributed by atoms with van der Waals surface area (Å²) in [5, 5.41) is 7.35. The molecule has 0 spiro atoms. The van der Waals surface area contributed by atoms with Gasteiger partial charge in [-0.15, -0.1) is 0 Å². The van der Waals surface area contributed by atoms with E-state index in [1.54, 1.807) is 13.8 Å². The third kappa shape index (κ3) is 3.76. The molecule has 0 bridgehead atoms. The lowest BCUT2D eigenvalue weighted by molar-refractivity contribution is -0.137. The van der Waals surface area contributed by atoms with Crippen molar-refractivity contribution in [2.24, 2.45) is 0 Å². The van der Waals surface area contributed by atoms with Crippen LogP contribution in [0.3, 0.4) is 0 Å². The van der Waals surface area contributed by atoms with E-state index in [2.05, 4.69) is 25.7 Å². The molecule has 27 heavy (non-hydrogen) atoms. The van der Waals surface area contributed by atoms with Gasteiger partial charge in [0.2, 0.25) is 0 Å². The van der Waals surface area contributed by atoms with Crippen LogP contribution < -0.4 is 16.2 Å². The monoisotopic (exact) mass is 380 g/mol. The Labute approximate surface area is 150 Å². The molecule has 3 rings (SSSR count). The van der Waals surface area contributed by atoms with Gasteiger partial charge in [0.1, 0.15) is 11.5 Å². The van der Waals surface area contributed by atoms with Crippen LogP contribution in [0, 0.1) is 6.92 Å². The number of carbonyl (C=O) groups excluding carboxylic acids is 1. The van der Waals surface area contributed by atoms with Gasteiger partial charge < -0.3 is 10.6 Å². The first-order valence-corrected chi connectivity index (χ1v) is 7.92. The molecule has 1 aromatic carbocycles. The van der Waals surface area contributed by atoms with Gasteiger partial charge in [0.05, 0.1) is 11.3 Å². The fraction of sp³-hybridized carbons (Fsp3) is 0.250. The topological polar surface area (TPSA) is 104 Å². The van der Waals surface area contributed by atoms with Crippen molar-refractivity contribution < 1.29 is 18.0 Å². The fourth-order valence-corrected chi connectivity index (χ4v) is 2.50. The molecule has 0 unspecified atom stereocenters. The minimum Gasteiger partial charge on any atom is -0.308 e. The number of anilines is 2. The van der Waals surface area contributed by atoms with Gasteiger partial charge in [-0.2, -0.15) is 22.7 Å². The molecule has 0 atom stereocenters. The van der Waals surface area contributed by atoms with E-state index in [0.29, 0.717) is 17.9 Å². The molecular weight excluding hydrogens is 365 g/mol. The van der Waals surface area contributed by atoms with Crippen molar-refractivity contribution in [1.29, 1.82) is 0 Å². The van der Waals surface area contributed by atoms with Crippen LogP contribution in [0.25, 0.3) is 5.78 Å². The van der Waals surface area contributed by atoms with Gasteiger partial charge in [-0.05, 0) is 31.5 Å². The van der Waals surface area contributed by atoms with Gasteiger partial charge in [0, 0.05) is 5.69 Å². The molecule has 0 aliphatic heterocycles. The zero-order chi connectivity index (χ0) is 19.8. The quantitative estimate of drug-likeness (QED) is 0.650. The highest BCUT2D eigenvalue weighted by Crippen LogP contribution is 2.30. The zero-order valence-corrected chi connectivity index (χ0v) is 14.3. The molecule has 8 nitrogen and oxygen atoms in total. The molecule has 2 heterocycles. The first-order valence-electron chi connectivity index (χ1n) is 7.92. The van der Waals surface area contributed by atoms with E-state index in [1.807, 2.05) is 0 Å². The number of aromatic amines is 1. The maximum absolute atomic E-state index is 12.8. The Balaban J connectivity index is 1.88. The Morgan fingerprint density at radius 1 is 1.26 bits per heavy atom. The highest BCUT2D eigenvalue weighted by atomic mass is 19.4. The predicted octanol–water partition coefficient (Wildman–Crippen LogP) is 2.95. The summed E-state index contributed by atoms with van der Waals surface area (Å²) in [6.07, 6.45) is -4.19. The van der Waals surface area contributed by atoms with Crippen molar-refractivity contribution in [2.75, 3.05) is 10.6 Å². The molecule has 3 N–H and O–H groups in total. The van der Waals surface area contributed by atoms with Crippen molar-refractivity contribution in [3.63, 3.8) is 0 Å². The standard InChI is InChI=1S/C16H15F3N6O2/c1-3-11-12(13(26)25-14(22-11)20-8(2)24-25)23-15(27)21-10-6-4-5-9(7-10)16(17,18)19/h4-7H,3H2,1-2H3,(H,20,22,24)(H2,21,23,27). The highest BCUT2D eigenvalue weighted by molar-refractivity contribution is 6.00. The van der Waals surface area contributed by atoms with E-state index in [4.69, 9.17) is 0 Å². The second-order valence-corrected chi connectivity index (χ2v) is 5.69. The zero-order valence-electron chi connectivity index (χ0n) is 14.3. The maximum atomic E-state index is 12.8. The lowest BCUT2D eigenvalue weighted by Gasteiger charge is -2.12. The molecule has 0 saturated heterocycles. The molecule has 0 radical (unpaired) electrons. The number of hydrogen-bond donors (Lipinski definition) is 3. The Hall–Kier alpha value is -3.37. The summed E-state index contributed by atoms with van der Waals surface area (Å²) in [6.45, 7) is 3.39. The summed E-state index contributed by atoms with van der Waals surface area (Å²) in [5.41, 5.74) is -1.30. The van der Waals surface area contributed by atoms with Gasteiger partial charge in [-0.1, -0.05) is 13.0 Å². The Bertz CT molecular complexity index is 1070. The fourth-order valence-electron chi connectivity index (χ4n) is 2.50. The molecule has 0 saturated carbocycles. The number of nitrogens with one attached hydrogen (secondary N) is 3. The van der Waals surface area contributed by atoms with Crippen LogP contribution in [0.4, 0.5) is 29.3 Å². The highest BCUT2D eigenvalue weighted by Gasteiger charge is 2.30. The number of urea groups is 1. The number of alkyl halides is 3. The second kappa shape index (κ2) is 6.74. The normalized spacial score (nSPS) is 11.6. The molecule has 11 heteroatoms. The number of nitrogens with zero attached hydrogens (tertiary/aromatic N) is 3. The van der Waals surface area contributed by atoms with Gasteiger partial charge in [-0.3, -0.25) is 9.89 Å². The summed E-state index contributed by atoms with van der Waals surface area (Å²) in [6, 6.07) is 3.31. The first kappa shape index (κ1) is 18.4. The minimum atomic E-state index is -4.53. The van der Waals surface area contributed by atoms with E-state index in [9.17, 15) is 22.8 Å². The van der Waals surface area contributed by atoms with Crippen LogP contribution in [0.2, 0.25) is 0 Å². The van der Waals surface area contributed by atoms with E-state index < -0.39 is 23.3 Å². The number of aryl methyl sites for hydroxylation is 2. The van der Waals surface area contributed by atoms with Crippen LogP contribution in [-0.2, 0) is 12.6 Å². The van der Waals surface area contributed by atoms with Gasteiger partial charge in [-0.25, -0.2) is 9.78 Å². The van der Waals surface area contributed by atoms with Crippen molar-refractivity contribution in [1.82, 2.24) is 19.6 Å². The van der Waals surface area contributed by atoms with Crippen LogP contribution in [-0.4, -0.2) is 25.6 Å². The van der Waals surface area contributed by atoms with Crippen LogP contribution >= 0.6 is 0 Å². The number of carbonyl (C=O) groups is 1. The average molecular weight is 380 g/mol. The molecule has 0 fully saturated rings. The minimum absolute atomic E-state index is 0.0631. The van der Waals surface area contributed by atoms with Crippen LogP contribution in [0.5, 0.6) is 0 Å². The number of halogens is 3. The van der Waals surface area contributed by atoms with Crippen LogP contribution in [0.15, 0.2) is 29.1 Å². The van der Waals surface area contributed by atoms with E-state index >= 15 is 0 Å². The summed E-state index contributed by atoms with van der Waals surface area (Å²) >= 11 is 0. The smallest absolute Gasteiger partial charge is 0.308 e. The Morgan fingerprint density at radius 2 is 2.00 bits per heavy atom. The van der Waals surface area contributed by atoms with Gasteiger partial charge in [0.15, 0.2) is 0 Å². The number of hydrogen-bond acceptors (Lipinski definition) is 4. The Morgan fingerprint density at radius 3 is 2.67 bits per heavy atom. The largest absolute Gasteiger partial charge is 0.416 e. The number of aromatic nitrogens is 4. The number of benzene rings is 1. The van der Waals surface area contributed by atoms with E-state index in [-0.39, 0.29) is 17.2 Å².